The Balaban J connectivity index is 1.05. The van der Waals surface area contributed by atoms with Crippen LogP contribution in [0, 0.1) is 5.92 Å². The van der Waals surface area contributed by atoms with Gasteiger partial charge in [-0.25, -0.2) is 4.98 Å². The van der Waals surface area contributed by atoms with Gasteiger partial charge in [-0.2, -0.15) is 5.10 Å². The van der Waals surface area contributed by atoms with Gasteiger partial charge in [0.15, 0.2) is 0 Å². The van der Waals surface area contributed by atoms with Crippen LogP contribution in [0.3, 0.4) is 0 Å². The molecule has 1 aliphatic rings. The topological polar surface area (TPSA) is 96.7 Å². The number of carboxylic acid groups (broad SMARTS) is 1. The molecule has 7 rings (SSSR count). The van der Waals surface area contributed by atoms with Crippen LogP contribution in [0.4, 0.5) is 0 Å². The predicted octanol–water partition coefficient (Wildman–Crippen LogP) is 7.95. The Morgan fingerprint density at radius 3 is 2.37 bits per heavy atom. The summed E-state index contributed by atoms with van der Waals surface area (Å²) in [6.07, 6.45) is 8.11. The van der Waals surface area contributed by atoms with Crippen molar-refractivity contribution in [3.63, 3.8) is 0 Å². The molecule has 7 heteroatoms. The van der Waals surface area contributed by atoms with E-state index in [0.29, 0.717) is 24.8 Å². The number of carbonyl (C=O) groups is 1. The number of nitrogens with one attached hydrogen (secondary N) is 1. The highest BCUT2D eigenvalue weighted by molar-refractivity contribution is 5.84. The number of benzene rings is 3. The summed E-state index contributed by atoms with van der Waals surface area (Å²) < 4.78 is 2.02. The Labute approximate surface area is 250 Å². The lowest BCUT2D eigenvalue weighted by Crippen LogP contribution is -2.16. The second kappa shape index (κ2) is 11.7. The van der Waals surface area contributed by atoms with E-state index in [-0.39, 0.29) is 0 Å². The molecule has 6 aromatic rings. The van der Waals surface area contributed by atoms with E-state index in [2.05, 4.69) is 64.7 Å². The Morgan fingerprint density at radius 1 is 0.860 bits per heavy atom. The summed E-state index contributed by atoms with van der Waals surface area (Å²) in [7, 11) is 0. The van der Waals surface area contributed by atoms with Crippen molar-refractivity contribution >= 4 is 17.0 Å². The van der Waals surface area contributed by atoms with E-state index in [1.54, 1.807) is 0 Å². The average molecular weight is 568 g/mol. The maximum absolute atomic E-state index is 11.0. The zero-order valence-electron chi connectivity index (χ0n) is 23.9. The highest BCUT2D eigenvalue weighted by atomic mass is 16.4. The minimum absolute atomic E-state index is 0.296. The van der Waals surface area contributed by atoms with Crippen molar-refractivity contribution in [3.8, 4) is 33.9 Å². The lowest BCUT2D eigenvalue weighted by molar-refractivity contribution is -0.138. The number of rotatable bonds is 8. The average Bonchev–Trinajstić information content (AvgIpc) is 3.69. The van der Waals surface area contributed by atoms with Gasteiger partial charge in [0.05, 0.1) is 29.0 Å². The van der Waals surface area contributed by atoms with Crippen molar-refractivity contribution in [1.29, 1.82) is 0 Å². The van der Waals surface area contributed by atoms with E-state index in [9.17, 15) is 4.79 Å². The van der Waals surface area contributed by atoms with Gasteiger partial charge in [0.2, 0.25) is 0 Å². The first-order valence-corrected chi connectivity index (χ1v) is 14.9. The molecule has 0 amide bonds. The van der Waals surface area contributed by atoms with Crippen molar-refractivity contribution in [2.45, 2.75) is 44.6 Å². The fourth-order valence-electron chi connectivity index (χ4n) is 6.34. The van der Waals surface area contributed by atoms with Gasteiger partial charge >= 0.3 is 5.97 Å². The SMILES string of the molecule is O=C(O)CC1CCC(c2ccc(-c3ccc(-c4nc5ccc(-c6ccnn6Cc6ccccc6)cc5[nH]4)cn3)cc2)CC1. The number of hydrogen-bond donors (Lipinski definition) is 2. The molecule has 0 saturated heterocycles. The largest absolute Gasteiger partial charge is 0.481 e. The summed E-state index contributed by atoms with van der Waals surface area (Å²) in [5.41, 5.74) is 9.50. The molecule has 0 bridgehead atoms. The van der Waals surface area contributed by atoms with Crippen LogP contribution < -0.4 is 0 Å². The number of fused-ring (bicyclic) bond motifs is 1. The number of aromatic amines is 1. The molecule has 0 spiro atoms. The maximum Gasteiger partial charge on any atom is 0.303 e. The van der Waals surface area contributed by atoms with Crippen LogP contribution in [0.15, 0.2) is 103 Å². The Morgan fingerprint density at radius 2 is 1.63 bits per heavy atom. The fourth-order valence-corrected chi connectivity index (χ4v) is 6.34. The number of H-pyrrole nitrogens is 1. The first-order chi connectivity index (χ1) is 21.1. The van der Waals surface area contributed by atoms with Gasteiger partial charge in [0, 0.05) is 35.5 Å². The Kier molecular flexibility index (Phi) is 7.29. The van der Waals surface area contributed by atoms with Crippen molar-refractivity contribution in [2.24, 2.45) is 5.92 Å². The number of aromatic nitrogens is 5. The molecule has 0 atom stereocenters. The molecular weight excluding hydrogens is 534 g/mol. The first-order valence-electron chi connectivity index (χ1n) is 14.9. The minimum atomic E-state index is -0.681. The highest BCUT2D eigenvalue weighted by Gasteiger charge is 2.24. The molecule has 43 heavy (non-hydrogen) atoms. The van der Waals surface area contributed by atoms with Crippen molar-refractivity contribution in [3.05, 3.63) is 115 Å². The van der Waals surface area contributed by atoms with Gasteiger partial charge in [0.25, 0.3) is 0 Å². The summed E-state index contributed by atoms with van der Waals surface area (Å²) in [5, 5.41) is 13.6. The molecule has 2 N–H and O–H groups in total. The molecule has 214 valence electrons. The zero-order valence-corrected chi connectivity index (χ0v) is 23.9. The fraction of sp³-hybridized carbons (Fsp3) is 0.222. The van der Waals surface area contributed by atoms with Gasteiger partial charge in [0.1, 0.15) is 5.82 Å². The summed E-state index contributed by atoms with van der Waals surface area (Å²) in [6.45, 7) is 0.714. The van der Waals surface area contributed by atoms with Gasteiger partial charge in [-0.3, -0.25) is 14.5 Å². The molecule has 1 fully saturated rings. The van der Waals surface area contributed by atoms with E-state index in [1.807, 2.05) is 53.5 Å². The monoisotopic (exact) mass is 567 g/mol. The summed E-state index contributed by atoms with van der Waals surface area (Å²) in [5.74, 6) is 0.934. The molecule has 7 nitrogen and oxygen atoms in total. The number of aliphatic carboxylic acids is 1. The van der Waals surface area contributed by atoms with E-state index >= 15 is 0 Å². The van der Waals surface area contributed by atoms with Crippen LogP contribution in [0.2, 0.25) is 0 Å². The Hall–Kier alpha value is -5.04. The number of hydrogen-bond acceptors (Lipinski definition) is 4. The summed E-state index contributed by atoms with van der Waals surface area (Å²) in [4.78, 5) is 24.1. The molecule has 0 radical (unpaired) electrons. The zero-order chi connectivity index (χ0) is 29.2. The van der Waals surface area contributed by atoms with Crippen LogP contribution in [0.5, 0.6) is 0 Å². The quantitative estimate of drug-likeness (QED) is 0.195. The van der Waals surface area contributed by atoms with Gasteiger partial charge in [-0.15, -0.1) is 0 Å². The third-order valence-electron chi connectivity index (χ3n) is 8.69. The smallest absolute Gasteiger partial charge is 0.303 e. The molecule has 1 aliphatic carbocycles. The number of nitrogens with zero attached hydrogens (tertiary/aromatic N) is 4. The lowest BCUT2D eigenvalue weighted by Gasteiger charge is -2.28. The standard InChI is InChI=1S/C36H33N5O2/c42-35(43)20-24-6-8-26(9-7-24)27-10-12-28(13-11-27)31-16-15-30(22-37-31)36-39-32-17-14-29(21-33(32)40-36)34-18-19-38-41(34)23-25-4-2-1-3-5-25/h1-5,10-19,21-22,24,26H,6-9,20,23H2,(H,39,40)(H,42,43). The highest BCUT2D eigenvalue weighted by Crippen LogP contribution is 2.37. The lowest BCUT2D eigenvalue weighted by atomic mass is 9.77. The van der Waals surface area contributed by atoms with Crippen LogP contribution in [0.25, 0.3) is 44.9 Å². The summed E-state index contributed by atoms with van der Waals surface area (Å²) >= 11 is 0. The van der Waals surface area contributed by atoms with Crippen LogP contribution in [-0.2, 0) is 11.3 Å². The third kappa shape index (κ3) is 5.84. The molecule has 1 saturated carbocycles. The van der Waals surface area contributed by atoms with E-state index in [1.165, 1.54) is 11.1 Å². The second-order valence-corrected chi connectivity index (χ2v) is 11.5. The molecular formula is C36H33N5O2. The molecule has 0 aliphatic heterocycles. The Bertz CT molecular complexity index is 1850. The van der Waals surface area contributed by atoms with Crippen molar-refractivity contribution < 1.29 is 9.90 Å². The first kappa shape index (κ1) is 26.8. The van der Waals surface area contributed by atoms with Gasteiger partial charge in [-0.1, -0.05) is 60.7 Å². The predicted molar refractivity (Wildman–Crippen MR) is 168 cm³/mol. The van der Waals surface area contributed by atoms with E-state index < -0.39 is 5.97 Å². The van der Waals surface area contributed by atoms with Gasteiger partial charge in [-0.05, 0) is 79.0 Å². The van der Waals surface area contributed by atoms with Crippen LogP contribution in [-0.4, -0.2) is 35.8 Å². The third-order valence-corrected chi connectivity index (χ3v) is 8.69. The minimum Gasteiger partial charge on any atom is -0.481 e. The van der Waals surface area contributed by atoms with Crippen LogP contribution >= 0.6 is 0 Å². The summed E-state index contributed by atoms with van der Waals surface area (Å²) in [6, 6.07) is 31.5. The second-order valence-electron chi connectivity index (χ2n) is 11.5. The molecule has 0 unspecified atom stereocenters. The van der Waals surface area contributed by atoms with E-state index in [0.717, 1.165) is 70.6 Å². The number of carboxylic acids is 1. The van der Waals surface area contributed by atoms with E-state index in [4.69, 9.17) is 15.1 Å². The molecule has 3 aromatic carbocycles. The van der Waals surface area contributed by atoms with Crippen molar-refractivity contribution in [1.82, 2.24) is 24.7 Å². The molecule has 3 heterocycles. The van der Waals surface area contributed by atoms with Crippen molar-refractivity contribution in [2.75, 3.05) is 0 Å². The van der Waals surface area contributed by atoms with Gasteiger partial charge < -0.3 is 10.1 Å². The number of pyridine rings is 1. The van der Waals surface area contributed by atoms with Crippen LogP contribution in [0.1, 0.15) is 49.1 Å². The maximum atomic E-state index is 11.0. The number of imidazole rings is 1. The normalized spacial score (nSPS) is 16.8. The molecule has 3 aromatic heterocycles.